The third-order valence-electron chi connectivity index (χ3n) is 4.14. The van der Waals surface area contributed by atoms with Crippen molar-refractivity contribution in [3.8, 4) is 0 Å². The molecule has 4 heteroatoms. The summed E-state index contributed by atoms with van der Waals surface area (Å²) in [7, 11) is 0. The molecule has 2 N–H and O–H groups in total. The summed E-state index contributed by atoms with van der Waals surface area (Å²) in [5.74, 6) is 0.904. The number of hydrogen-bond acceptors (Lipinski definition) is 4. The lowest BCUT2D eigenvalue weighted by Crippen LogP contribution is -2.28. The van der Waals surface area contributed by atoms with Crippen LogP contribution in [0, 0.1) is 6.92 Å². The fraction of sp³-hybridized carbons (Fsp3) is 0.714. The quantitative estimate of drug-likeness (QED) is 0.765. The molecule has 0 spiro atoms. The van der Waals surface area contributed by atoms with Gasteiger partial charge in [0.15, 0.2) is 0 Å². The van der Waals surface area contributed by atoms with Crippen LogP contribution in [0.5, 0.6) is 0 Å². The molecule has 1 aliphatic heterocycles. The van der Waals surface area contributed by atoms with E-state index in [-0.39, 0.29) is 6.04 Å². The lowest BCUT2D eigenvalue weighted by Gasteiger charge is -2.18. The van der Waals surface area contributed by atoms with Gasteiger partial charge in [-0.1, -0.05) is 6.42 Å². The van der Waals surface area contributed by atoms with E-state index in [0.29, 0.717) is 0 Å². The van der Waals surface area contributed by atoms with Gasteiger partial charge in [0.2, 0.25) is 5.95 Å². The van der Waals surface area contributed by atoms with E-state index >= 15 is 0 Å². The van der Waals surface area contributed by atoms with Gasteiger partial charge in [-0.05, 0) is 44.6 Å². The maximum Gasteiger partial charge on any atom is 0.225 e. The summed E-state index contributed by atoms with van der Waals surface area (Å²) < 4.78 is 0. The molecule has 0 saturated carbocycles. The highest BCUT2D eigenvalue weighted by atomic mass is 15.3. The summed E-state index contributed by atoms with van der Waals surface area (Å²) >= 11 is 0. The van der Waals surface area contributed by atoms with Gasteiger partial charge < -0.3 is 10.6 Å². The molecule has 1 saturated heterocycles. The van der Waals surface area contributed by atoms with Gasteiger partial charge in [-0.2, -0.15) is 0 Å². The Labute approximate surface area is 109 Å². The second kappa shape index (κ2) is 4.84. The Morgan fingerprint density at radius 1 is 1.17 bits per heavy atom. The SMILES string of the molecule is Cc1nc(N2CCC(N)C2)nc2c1CCCCC2. The van der Waals surface area contributed by atoms with Crippen molar-refractivity contribution in [1.29, 1.82) is 0 Å². The molecule has 0 bridgehead atoms. The average molecular weight is 246 g/mol. The molecule has 1 unspecified atom stereocenters. The first-order valence-corrected chi connectivity index (χ1v) is 7.11. The smallest absolute Gasteiger partial charge is 0.225 e. The van der Waals surface area contributed by atoms with Crippen LogP contribution in [-0.2, 0) is 12.8 Å². The molecule has 1 aromatic rings. The Bertz CT molecular complexity index is 444. The second-order valence-corrected chi connectivity index (χ2v) is 5.59. The fourth-order valence-electron chi connectivity index (χ4n) is 3.05. The summed E-state index contributed by atoms with van der Waals surface area (Å²) in [6.45, 7) is 4.03. The molecule has 1 atom stereocenters. The first-order valence-electron chi connectivity index (χ1n) is 7.11. The van der Waals surface area contributed by atoms with Crippen LogP contribution in [0.25, 0.3) is 0 Å². The summed E-state index contributed by atoms with van der Waals surface area (Å²) in [6, 6.07) is 0.285. The highest BCUT2D eigenvalue weighted by molar-refractivity contribution is 5.38. The normalized spacial score (nSPS) is 23.9. The van der Waals surface area contributed by atoms with Crippen LogP contribution in [-0.4, -0.2) is 29.1 Å². The summed E-state index contributed by atoms with van der Waals surface area (Å²) in [6.07, 6.45) is 7.19. The monoisotopic (exact) mass is 246 g/mol. The van der Waals surface area contributed by atoms with Crippen LogP contribution in [0.15, 0.2) is 0 Å². The van der Waals surface area contributed by atoms with Gasteiger partial charge >= 0.3 is 0 Å². The van der Waals surface area contributed by atoms with Gasteiger partial charge in [-0.15, -0.1) is 0 Å². The van der Waals surface area contributed by atoms with E-state index < -0.39 is 0 Å². The van der Waals surface area contributed by atoms with E-state index in [1.165, 1.54) is 36.2 Å². The summed E-state index contributed by atoms with van der Waals surface area (Å²) in [4.78, 5) is 11.8. The number of nitrogens with zero attached hydrogens (tertiary/aromatic N) is 3. The topological polar surface area (TPSA) is 55.0 Å². The predicted octanol–water partition coefficient (Wildman–Crippen LogP) is 1.59. The van der Waals surface area contributed by atoms with Gasteiger partial charge in [-0.3, -0.25) is 0 Å². The van der Waals surface area contributed by atoms with Crippen LogP contribution in [0.3, 0.4) is 0 Å². The predicted molar refractivity (Wildman–Crippen MR) is 72.8 cm³/mol. The maximum atomic E-state index is 5.97. The Hall–Kier alpha value is -1.16. The van der Waals surface area contributed by atoms with E-state index in [2.05, 4.69) is 11.8 Å². The first kappa shape index (κ1) is 11.9. The number of rotatable bonds is 1. The minimum atomic E-state index is 0.285. The Morgan fingerprint density at radius 3 is 2.78 bits per heavy atom. The molecule has 18 heavy (non-hydrogen) atoms. The number of nitrogens with two attached hydrogens (primary N) is 1. The zero-order chi connectivity index (χ0) is 12.5. The number of aromatic nitrogens is 2. The molecule has 1 aromatic heterocycles. The van der Waals surface area contributed by atoms with Gasteiger partial charge in [0.1, 0.15) is 0 Å². The van der Waals surface area contributed by atoms with Crippen molar-refractivity contribution < 1.29 is 0 Å². The zero-order valence-corrected chi connectivity index (χ0v) is 11.2. The number of fused-ring (bicyclic) bond motifs is 1. The molecule has 1 fully saturated rings. The second-order valence-electron chi connectivity index (χ2n) is 5.59. The Morgan fingerprint density at radius 2 is 2.00 bits per heavy atom. The van der Waals surface area contributed by atoms with Crippen LogP contribution >= 0.6 is 0 Å². The van der Waals surface area contributed by atoms with Crippen LogP contribution in [0.4, 0.5) is 5.95 Å². The van der Waals surface area contributed by atoms with Crippen molar-refractivity contribution in [2.75, 3.05) is 18.0 Å². The van der Waals surface area contributed by atoms with E-state index in [4.69, 9.17) is 15.7 Å². The van der Waals surface area contributed by atoms with Gasteiger partial charge in [0, 0.05) is 30.5 Å². The van der Waals surface area contributed by atoms with Gasteiger partial charge in [0.25, 0.3) is 0 Å². The fourth-order valence-corrected chi connectivity index (χ4v) is 3.05. The summed E-state index contributed by atoms with van der Waals surface area (Å²) in [5, 5.41) is 0. The van der Waals surface area contributed by atoms with E-state index in [1.54, 1.807) is 0 Å². The van der Waals surface area contributed by atoms with Crippen molar-refractivity contribution in [3.63, 3.8) is 0 Å². The maximum absolute atomic E-state index is 5.97. The molecule has 0 aromatic carbocycles. The number of anilines is 1. The molecule has 2 heterocycles. The van der Waals surface area contributed by atoms with E-state index in [1.807, 2.05) is 0 Å². The van der Waals surface area contributed by atoms with Crippen molar-refractivity contribution in [2.45, 2.75) is 51.5 Å². The molecule has 4 nitrogen and oxygen atoms in total. The molecule has 0 amide bonds. The average Bonchev–Trinajstić information content (AvgIpc) is 2.63. The van der Waals surface area contributed by atoms with Gasteiger partial charge in [-0.25, -0.2) is 9.97 Å². The molecule has 1 aliphatic carbocycles. The number of aryl methyl sites for hydroxylation is 2. The van der Waals surface area contributed by atoms with Crippen LogP contribution in [0.2, 0.25) is 0 Å². The van der Waals surface area contributed by atoms with Crippen molar-refractivity contribution in [2.24, 2.45) is 5.73 Å². The van der Waals surface area contributed by atoms with Crippen molar-refractivity contribution in [3.05, 3.63) is 17.0 Å². The van der Waals surface area contributed by atoms with Crippen LogP contribution < -0.4 is 10.6 Å². The van der Waals surface area contributed by atoms with E-state index in [9.17, 15) is 0 Å². The standard InChI is InChI=1S/C14H22N4/c1-10-12-5-3-2-4-6-13(12)17-14(16-10)18-8-7-11(15)9-18/h11H,2-9,15H2,1H3. The molecule has 98 valence electrons. The molecular formula is C14H22N4. The third-order valence-corrected chi connectivity index (χ3v) is 4.14. The molecule has 2 aliphatic rings. The molecule has 3 rings (SSSR count). The van der Waals surface area contributed by atoms with Crippen LogP contribution in [0.1, 0.15) is 42.6 Å². The number of hydrogen-bond donors (Lipinski definition) is 1. The molecule has 0 radical (unpaired) electrons. The largest absolute Gasteiger partial charge is 0.339 e. The Balaban J connectivity index is 1.92. The lowest BCUT2D eigenvalue weighted by molar-refractivity contribution is 0.708. The van der Waals surface area contributed by atoms with Crippen molar-refractivity contribution in [1.82, 2.24) is 9.97 Å². The van der Waals surface area contributed by atoms with Crippen molar-refractivity contribution >= 4 is 5.95 Å². The van der Waals surface area contributed by atoms with E-state index in [0.717, 1.165) is 38.3 Å². The first-order chi connectivity index (χ1) is 8.74. The highest BCUT2D eigenvalue weighted by Crippen LogP contribution is 2.24. The minimum absolute atomic E-state index is 0.285. The minimum Gasteiger partial charge on any atom is -0.339 e. The summed E-state index contributed by atoms with van der Waals surface area (Å²) in [5.41, 5.74) is 9.83. The zero-order valence-electron chi connectivity index (χ0n) is 11.2. The van der Waals surface area contributed by atoms with Gasteiger partial charge in [0.05, 0.1) is 0 Å². The third kappa shape index (κ3) is 2.21. The Kier molecular flexibility index (Phi) is 3.20. The lowest BCUT2D eigenvalue weighted by atomic mass is 10.1. The molecular weight excluding hydrogens is 224 g/mol. The highest BCUT2D eigenvalue weighted by Gasteiger charge is 2.23.